The Balaban J connectivity index is 1.87. The molecule has 0 saturated carbocycles. The van der Waals surface area contributed by atoms with Crippen LogP contribution >= 0.6 is 0 Å². The molecule has 1 aliphatic rings. The first-order chi connectivity index (χ1) is 10.7. The summed E-state index contributed by atoms with van der Waals surface area (Å²) in [6, 6.07) is 6.37. The lowest BCUT2D eigenvalue weighted by molar-refractivity contribution is 0.146. The van der Waals surface area contributed by atoms with Gasteiger partial charge in [-0.25, -0.2) is 0 Å². The standard InChI is InChI=1S/C17H29N3O2/c1-15-14-16(22-13-12-21-3)4-5-17(15)20-10-8-19(9-11-20)7-6-18-2/h4-5,14,18H,6-13H2,1-3H3. The van der Waals surface area contributed by atoms with E-state index < -0.39 is 0 Å². The van der Waals surface area contributed by atoms with Crippen LogP contribution < -0.4 is 15.0 Å². The molecule has 5 heteroatoms. The van der Waals surface area contributed by atoms with E-state index in [0.29, 0.717) is 13.2 Å². The van der Waals surface area contributed by atoms with E-state index >= 15 is 0 Å². The van der Waals surface area contributed by atoms with Gasteiger partial charge in [0.2, 0.25) is 0 Å². The fraction of sp³-hybridized carbons (Fsp3) is 0.647. The molecule has 2 rings (SSSR count). The summed E-state index contributed by atoms with van der Waals surface area (Å²) in [5, 5.41) is 3.22. The van der Waals surface area contributed by atoms with Crippen molar-refractivity contribution >= 4 is 5.69 Å². The summed E-state index contributed by atoms with van der Waals surface area (Å²) in [4.78, 5) is 4.99. The molecule has 0 atom stereocenters. The molecule has 5 nitrogen and oxygen atoms in total. The number of nitrogens with zero attached hydrogens (tertiary/aromatic N) is 2. The van der Waals surface area contributed by atoms with Gasteiger partial charge in [0.1, 0.15) is 12.4 Å². The summed E-state index contributed by atoms with van der Waals surface area (Å²) >= 11 is 0. The average Bonchev–Trinajstić information content (AvgIpc) is 2.54. The van der Waals surface area contributed by atoms with Gasteiger partial charge in [-0.2, -0.15) is 0 Å². The van der Waals surface area contributed by atoms with E-state index in [0.717, 1.165) is 45.0 Å². The highest BCUT2D eigenvalue weighted by molar-refractivity contribution is 5.56. The second-order valence-electron chi connectivity index (χ2n) is 5.72. The summed E-state index contributed by atoms with van der Waals surface area (Å²) in [5.74, 6) is 0.922. The number of benzene rings is 1. The van der Waals surface area contributed by atoms with Crippen molar-refractivity contribution in [3.05, 3.63) is 23.8 Å². The highest BCUT2D eigenvalue weighted by Crippen LogP contribution is 2.25. The maximum absolute atomic E-state index is 5.67. The van der Waals surface area contributed by atoms with Gasteiger partial charge in [-0.1, -0.05) is 0 Å². The lowest BCUT2D eigenvalue weighted by Gasteiger charge is -2.36. The van der Waals surface area contributed by atoms with Gasteiger partial charge in [0.05, 0.1) is 6.61 Å². The van der Waals surface area contributed by atoms with Crippen molar-refractivity contribution in [2.75, 3.05) is 71.5 Å². The molecule has 0 amide bonds. The Kier molecular flexibility index (Phi) is 6.96. The molecule has 0 radical (unpaired) electrons. The molecule has 1 aliphatic heterocycles. The second-order valence-corrected chi connectivity index (χ2v) is 5.72. The summed E-state index contributed by atoms with van der Waals surface area (Å²) in [6.45, 7) is 10.0. The summed E-state index contributed by atoms with van der Waals surface area (Å²) < 4.78 is 10.7. The SMILES string of the molecule is CNCCN1CCN(c2ccc(OCCOC)cc2C)CC1. The highest BCUT2D eigenvalue weighted by Gasteiger charge is 2.18. The molecule has 1 saturated heterocycles. The fourth-order valence-corrected chi connectivity index (χ4v) is 2.80. The predicted molar refractivity (Wildman–Crippen MR) is 91.1 cm³/mol. The topological polar surface area (TPSA) is 37.0 Å². The van der Waals surface area contributed by atoms with Gasteiger partial charge < -0.3 is 19.7 Å². The Bertz CT molecular complexity index is 446. The van der Waals surface area contributed by atoms with Crippen molar-refractivity contribution in [3.63, 3.8) is 0 Å². The number of hydrogen-bond donors (Lipinski definition) is 1. The summed E-state index contributed by atoms with van der Waals surface area (Å²) in [7, 11) is 3.70. The Hall–Kier alpha value is -1.30. The number of hydrogen-bond acceptors (Lipinski definition) is 5. The van der Waals surface area contributed by atoms with Gasteiger partial charge in [0, 0.05) is 52.1 Å². The maximum atomic E-state index is 5.67. The number of methoxy groups -OCH3 is 1. The molecule has 124 valence electrons. The number of anilines is 1. The van der Waals surface area contributed by atoms with E-state index in [1.807, 2.05) is 7.05 Å². The predicted octanol–water partition coefficient (Wildman–Crippen LogP) is 1.36. The monoisotopic (exact) mass is 307 g/mol. The van der Waals surface area contributed by atoms with Crippen LogP contribution in [0.5, 0.6) is 5.75 Å². The Morgan fingerprint density at radius 1 is 1.14 bits per heavy atom. The van der Waals surface area contributed by atoms with Crippen LogP contribution in [-0.2, 0) is 4.74 Å². The smallest absolute Gasteiger partial charge is 0.119 e. The highest BCUT2D eigenvalue weighted by atomic mass is 16.5. The third-order valence-corrected chi connectivity index (χ3v) is 4.12. The van der Waals surface area contributed by atoms with Crippen LogP contribution in [0.3, 0.4) is 0 Å². The van der Waals surface area contributed by atoms with Gasteiger partial charge in [0.15, 0.2) is 0 Å². The first kappa shape index (κ1) is 17.1. The van der Waals surface area contributed by atoms with Crippen LogP contribution in [0.15, 0.2) is 18.2 Å². The molecule has 0 aliphatic carbocycles. The minimum atomic E-state index is 0.597. The molecule has 1 heterocycles. The van der Waals surface area contributed by atoms with Crippen molar-refractivity contribution < 1.29 is 9.47 Å². The Morgan fingerprint density at radius 3 is 2.55 bits per heavy atom. The van der Waals surface area contributed by atoms with Crippen molar-refractivity contribution in [2.24, 2.45) is 0 Å². The Morgan fingerprint density at radius 2 is 1.91 bits per heavy atom. The normalized spacial score (nSPS) is 16.0. The van der Waals surface area contributed by atoms with Gasteiger partial charge in [-0.3, -0.25) is 4.90 Å². The van der Waals surface area contributed by atoms with Crippen LogP contribution in [0.25, 0.3) is 0 Å². The van der Waals surface area contributed by atoms with Crippen molar-refractivity contribution in [1.82, 2.24) is 10.2 Å². The van der Waals surface area contributed by atoms with Crippen LogP contribution in [0.4, 0.5) is 5.69 Å². The molecule has 22 heavy (non-hydrogen) atoms. The number of rotatable bonds is 8. The van der Waals surface area contributed by atoms with Gasteiger partial charge >= 0.3 is 0 Å². The van der Waals surface area contributed by atoms with Crippen molar-refractivity contribution in [2.45, 2.75) is 6.92 Å². The summed E-state index contributed by atoms with van der Waals surface area (Å²) in [5.41, 5.74) is 2.60. The number of piperazine rings is 1. The average molecular weight is 307 g/mol. The third-order valence-electron chi connectivity index (χ3n) is 4.12. The molecule has 0 spiro atoms. The van der Waals surface area contributed by atoms with Gasteiger partial charge in [-0.15, -0.1) is 0 Å². The van der Waals surface area contributed by atoms with E-state index in [2.05, 4.69) is 40.2 Å². The number of aryl methyl sites for hydroxylation is 1. The quantitative estimate of drug-likeness (QED) is 0.734. The number of nitrogens with one attached hydrogen (secondary N) is 1. The molecule has 0 bridgehead atoms. The van der Waals surface area contributed by atoms with Crippen molar-refractivity contribution in [3.8, 4) is 5.75 Å². The van der Waals surface area contributed by atoms with Crippen LogP contribution in [0.2, 0.25) is 0 Å². The zero-order valence-electron chi connectivity index (χ0n) is 14.1. The molecule has 1 aromatic carbocycles. The number of likely N-dealkylation sites (N-methyl/N-ethyl adjacent to an activating group) is 1. The minimum absolute atomic E-state index is 0.597. The van der Waals surface area contributed by atoms with Crippen molar-refractivity contribution in [1.29, 1.82) is 0 Å². The van der Waals surface area contributed by atoms with Crippen LogP contribution in [-0.4, -0.2) is 71.5 Å². The van der Waals surface area contributed by atoms with E-state index in [1.165, 1.54) is 11.3 Å². The fourth-order valence-electron chi connectivity index (χ4n) is 2.80. The van der Waals surface area contributed by atoms with Gasteiger partial charge in [0.25, 0.3) is 0 Å². The van der Waals surface area contributed by atoms with Crippen LogP contribution in [0, 0.1) is 6.92 Å². The number of ether oxygens (including phenoxy) is 2. The first-order valence-electron chi connectivity index (χ1n) is 8.09. The van der Waals surface area contributed by atoms with E-state index in [4.69, 9.17) is 9.47 Å². The molecular weight excluding hydrogens is 278 g/mol. The van der Waals surface area contributed by atoms with E-state index in [-0.39, 0.29) is 0 Å². The molecule has 0 unspecified atom stereocenters. The van der Waals surface area contributed by atoms with Crippen LogP contribution in [0.1, 0.15) is 5.56 Å². The molecule has 0 aromatic heterocycles. The van der Waals surface area contributed by atoms with E-state index in [9.17, 15) is 0 Å². The lowest BCUT2D eigenvalue weighted by Crippen LogP contribution is -2.48. The zero-order chi connectivity index (χ0) is 15.8. The maximum Gasteiger partial charge on any atom is 0.119 e. The first-order valence-corrected chi connectivity index (χ1v) is 8.09. The molecule has 1 fully saturated rings. The molecular formula is C17H29N3O2. The van der Waals surface area contributed by atoms with E-state index in [1.54, 1.807) is 7.11 Å². The molecule has 1 N–H and O–H groups in total. The zero-order valence-corrected chi connectivity index (χ0v) is 14.1. The third kappa shape index (κ3) is 4.87. The largest absolute Gasteiger partial charge is 0.491 e. The molecule has 1 aromatic rings. The Labute approximate surface area is 134 Å². The summed E-state index contributed by atoms with van der Waals surface area (Å²) in [6.07, 6.45) is 0. The lowest BCUT2D eigenvalue weighted by atomic mass is 10.1. The minimum Gasteiger partial charge on any atom is -0.491 e. The van der Waals surface area contributed by atoms with Gasteiger partial charge in [-0.05, 0) is 37.7 Å². The second kappa shape index (κ2) is 8.98.